The average molecular weight is 390 g/mol. The highest BCUT2D eigenvalue weighted by Gasteiger charge is 2.33. The van der Waals surface area contributed by atoms with Gasteiger partial charge in [-0.3, -0.25) is 9.59 Å². The first kappa shape index (κ1) is 14.5. The summed E-state index contributed by atoms with van der Waals surface area (Å²) in [5.41, 5.74) is 0.718. The van der Waals surface area contributed by atoms with Crippen LogP contribution in [-0.2, 0) is 9.59 Å². The van der Waals surface area contributed by atoms with Crippen molar-refractivity contribution in [1.29, 1.82) is 0 Å². The fourth-order valence-electron chi connectivity index (χ4n) is 2.09. The molecule has 1 unspecified atom stereocenters. The summed E-state index contributed by atoms with van der Waals surface area (Å²) in [5, 5.41) is 2.74. The van der Waals surface area contributed by atoms with E-state index in [0.717, 1.165) is 21.1 Å². The first-order valence-electron chi connectivity index (χ1n) is 6.08. The second-order valence-electron chi connectivity index (χ2n) is 4.43. The first-order chi connectivity index (χ1) is 9.02. The van der Waals surface area contributed by atoms with Crippen LogP contribution < -0.4 is 10.2 Å². The number of nitrogens with zero attached hydrogens (tertiary/aromatic N) is 1. The smallest absolute Gasteiger partial charge is 0.250 e. The van der Waals surface area contributed by atoms with Crippen molar-refractivity contribution in [1.82, 2.24) is 5.32 Å². The van der Waals surface area contributed by atoms with E-state index in [1.165, 1.54) is 4.90 Å². The molecule has 1 fully saturated rings. The Hall–Kier alpha value is -0.880. The van der Waals surface area contributed by atoms with Crippen molar-refractivity contribution < 1.29 is 9.59 Å². The van der Waals surface area contributed by atoms with Gasteiger partial charge in [-0.25, -0.2) is 0 Å². The largest absolute Gasteiger partial charge is 0.343 e. The van der Waals surface area contributed by atoms with Gasteiger partial charge in [-0.05, 0) is 40.5 Å². The SMILES string of the molecule is CCCC1NC(=O)CN(c2cc(Br)ccc2Br)C1=O. The number of anilines is 1. The van der Waals surface area contributed by atoms with Gasteiger partial charge in [-0.1, -0.05) is 29.3 Å². The molecule has 0 aromatic heterocycles. The summed E-state index contributed by atoms with van der Waals surface area (Å²) in [6, 6.07) is 5.15. The van der Waals surface area contributed by atoms with Crippen molar-refractivity contribution in [3.8, 4) is 0 Å². The number of benzene rings is 1. The molecule has 2 rings (SSSR count). The number of hydrogen-bond donors (Lipinski definition) is 1. The van der Waals surface area contributed by atoms with E-state index in [-0.39, 0.29) is 18.4 Å². The van der Waals surface area contributed by atoms with Crippen LogP contribution in [0.25, 0.3) is 0 Å². The molecular weight excluding hydrogens is 376 g/mol. The Kier molecular flexibility index (Phi) is 4.62. The Bertz CT molecular complexity index is 519. The number of nitrogens with one attached hydrogen (secondary N) is 1. The third-order valence-corrected chi connectivity index (χ3v) is 4.14. The normalized spacial score (nSPS) is 19.5. The van der Waals surface area contributed by atoms with Crippen LogP contribution in [-0.4, -0.2) is 24.4 Å². The lowest BCUT2D eigenvalue weighted by Crippen LogP contribution is -2.58. The number of carbonyl (C=O) groups is 2. The summed E-state index contributed by atoms with van der Waals surface area (Å²) in [6.07, 6.45) is 1.51. The van der Waals surface area contributed by atoms with Gasteiger partial charge in [0.25, 0.3) is 0 Å². The molecule has 0 radical (unpaired) electrons. The molecular formula is C13H14Br2N2O2. The molecule has 1 N–H and O–H groups in total. The Morgan fingerprint density at radius 3 is 2.79 bits per heavy atom. The Morgan fingerprint density at radius 1 is 1.37 bits per heavy atom. The zero-order valence-electron chi connectivity index (χ0n) is 10.5. The third kappa shape index (κ3) is 3.17. The lowest BCUT2D eigenvalue weighted by atomic mass is 10.1. The predicted octanol–water partition coefficient (Wildman–Crippen LogP) is 2.84. The molecule has 1 atom stereocenters. The molecule has 102 valence electrons. The number of hydrogen-bond acceptors (Lipinski definition) is 2. The van der Waals surface area contributed by atoms with Gasteiger partial charge >= 0.3 is 0 Å². The van der Waals surface area contributed by atoms with E-state index in [0.29, 0.717) is 6.42 Å². The van der Waals surface area contributed by atoms with Crippen LogP contribution in [0.5, 0.6) is 0 Å². The molecule has 0 bridgehead atoms. The van der Waals surface area contributed by atoms with E-state index < -0.39 is 6.04 Å². The zero-order chi connectivity index (χ0) is 14.0. The molecule has 1 aromatic rings. The van der Waals surface area contributed by atoms with Gasteiger partial charge in [0.1, 0.15) is 12.6 Å². The van der Waals surface area contributed by atoms with Crippen molar-refractivity contribution in [2.75, 3.05) is 11.4 Å². The maximum Gasteiger partial charge on any atom is 0.250 e. The van der Waals surface area contributed by atoms with Gasteiger partial charge in [0, 0.05) is 8.95 Å². The number of halogens is 2. The van der Waals surface area contributed by atoms with Crippen molar-refractivity contribution in [3.63, 3.8) is 0 Å². The molecule has 4 nitrogen and oxygen atoms in total. The molecule has 0 saturated carbocycles. The average Bonchev–Trinajstić information content (AvgIpc) is 2.37. The number of carbonyl (C=O) groups excluding carboxylic acids is 2. The van der Waals surface area contributed by atoms with Gasteiger partial charge in [-0.2, -0.15) is 0 Å². The second-order valence-corrected chi connectivity index (χ2v) is 6.20. The van der Waals surface area contributed by atoms with E-state index in [9.17, 15) is 9.59 Å². The van der Waals surface area contributed by atoms with Crippen molar-refractivity contribution in [2.45, 2.75) is 25.8 Å². The maximum atomic E-state index is 12.4. The quantitative estimate of drug-likeness (QED) is 0.863. The summed E-state index contributed by atoms with van der Waals surface area (Å²) < 4.78 is 1.67. The number of rotatable bonds is 3. The minimum atomic E-state index is -0.419. The van der Waals surface area contributed by atoms with E-state index in [2.05, 4.69) is 37.2 Å². The van der Waals surface area contributed by atoms with Gasteiger partial charge in [0.05, 0.1) is 5.69 Å². The minimum Gasteiger partial charge on any atom is -0.343 e. The van der Waals surface area contributed by atoms with Crippen LogP contribution in [0.2, 0.25) is 0 Å². The van der Waals surface area contributed by atoms with Gasteiger partial charge < -0.3 is 10.2 Å². The van der Waals surface area contributed by atoms with Crippen LogP contribution in [0, 0.1) is 0 Å². The molecule has 0 aliphatic carbocycles. The van der Waals surface area contributed by atoms with Crippen LogP contribution in [0.3, 0.4) is 0 Å². The third-order valence-electron chi connectivity index (χ3n) is 2.98. The number of piperazine rings is 1. The van der Waals surface area contributed by atoms with Crippen LogP contribution in [0.1, 0.15) is 19.8 Å². The lowest BCUT2D eigenvalue weighted by molar-refractivity contribution is -0.131. The number of amides is 2. The van der Waals surface area contributed by atoms with E-state index in [4.69, 9.17) is 0 Å². The summed E-state index contributed by atoms with van der Waals surface area (Å²) in [5.74, 6) is -0.176. The first-order valence-corrected chi connectivity index (χ1v) is 7.67. The molecule has 1 heterocycles. The van der Waals surface area contributed by atoms with Crippen LogP contribution in [0.4, 0.5) is 5.69 Å². The van der Waals surface area contributed by atoms with Crippen molar-refractivity contribution in [3.05, 3.63) is 27.1 Å². The second kappa shape index (κ2) is 6.05. The Labute approximate surface area is 128 Å². The summed E-state index contributed by atoms with van der Waals surface area (Å²) in [6.45, 7) is 2.06. The summed E-state index contributed by atoms with van der Waals surface area (Å²) in [7, 11) is 0. The fraction of sp³-hybridized carbons (Fsp3) is 0.385. The molecule has 19 heavy (non-hydrogen) atoms. The van der Waals surface area contributed by atoms with Crippen LogP contribution >= 0.6 is 31.9 Å². The minimum absolute atomic E-state index is 0.0553. The molecule has 0 spiro atoms. The fourth-order valence-corrected chi connectivity index (χ4v) is 2.90. The summed E-state index contributed by atoms with van der Waals surface area (Å²) >= 11 is 6.81. The standard InChI is InChI=1S/C13H14Br2N2O2/c1-2-3-10-13(19)17(7-12(18)16-10)11-6-8(14)4-5-9(11)15/h4-6,10H,2-3,7H2,1H3,(H,16,18). The predicted molar refractivity (Wildman–Crippen MR) is 81.0 cm³/mol. The monoisotopic (exact) mass is 388 g/mol. The van der Waals surface area contributed by atoms with Gasteiger partial charge in [0.2, 0.25) is 11.8 Å². The Balaban J connectivity index is 2.34. The van der Waals surface area contributed by atoms with E-state index >= 15 is 0 Å². The van der Waals surface area contributed by atoms with E-state index in [1.54, 1.807) is 0 Å². The molecule has 1 aliphatic heterocycles. The molecule has 1 saturated heterocycles. The maximum absolute atomic E-state index is 12.4. The van der Waals surface area contributed by atoms with Gasteiger partial charge in [-0.15, -0.1) is 0 Å². The highest BCUT2D eigenvalue weighted by atomic mass is 79.9. The highest BCUT2D eigenvalue weighted by molar-refractivity contribution is 9.11. The molecule has 6 heteroatoms. The Morgan fingerprint density at radius 2 is 2.11 bits per heavy atom. The van der Waals surface area contributed by atoms with Crippen LogP contribution in [0.15, 0.2) is 27.1 Å². The highest BCUT2D eigenvalue weighted by Crippen LogP contribution is 2.31. The van der Waals surface area contributed by atoms with Gasteiger partial charge in [0.15, 0.2) is 0 Å². The topological polar surface area (TPSA) is 49.4 Å². The molecule has 1 aliphatic rings. The molecule has 1 aromatic carbocycles. The molecule has 2 amide bonds. The summed E-state index contributed by atoms with van der Waals surface area (Å²) in [4.78, 5) is 25.7. The van der Waals surface area contributed by atoms with E-state index in [1.807, 2.05) is 25.1 Å². The van der Waals surface area contributed by atoms with Crippen molar-refractivity contribution in [2.24, 2.45) is 0 Å². The van der Waals surface area contributed by atoms with Crippen molar-refractivity contribution >= 4 is 49.4 Å². The zero-order valence-corrected chi connectivity index (χ0v) is 13.6. The lowest BCUT2D eigenvalue weighted by Gasteiger charge is -2.33.